The number of thiophene rings is 1. The molecule has 33 heavy (non-hydrogen) atoms. The van der Waals surface area contributed by atoms with Crippen LogP contribution in [-0.2, 0) is 9.53 Å². The summed E-state index contributed by atoms with van der Waals surface area (Å²) in [6.45, 7) is 0. The maximum atomic E-state index is 13.0. The molecule has 0 radical (unpaired) electrons. The van der Waals surface area contributed by atoms with E-state index in [4.69, 9.17) is 11.6 Å². The van der Waals surface area contributed by atoms with E-state index in [1.54, 1.807) is 25.2 Å². The number of halogens is 1. The minimum atomic E-state index is -4.67. The highest BCUT2D eigenvalue weighted by Crippen LogP contribution is 2.35. The van der Waals surface area contributed by atoms with Crippen LogP contribution in [0.4, 0.5) is 5.69 Å². The standard InChI is InChI=1S/C21H19ClN4O5S2/c1-23-13-5-8-15-16(11-13)24-21(29)26(20(15)28)14-6-3-12(4-7-14)19(27)25-33(2,30,31)18-10-9-17(22)32-18/h3-11,23H,1-2H3,(H,24,29)(H2,25,27,30,31). The summed E-state index contributed by atoms with van der Waals surface area (Å²) in [7, 11) is -2.95. The lowest BCUT2D eigenvalue weighted by molar-refractivity contribution is 0.0978. The minimum absolute atomic E-state index is 0.0256. The second-order valence-corrected chi connectivity index (χ2v) is 12.6. The first-order chi connectivity index (χ1) is 15.5. The Kier molecular flexibility index (Phi) is 5.53. The van der Waals surface area contributed by atoms with Crippen molar-refractivity contribution in [2.75, 3.05) is 18.6 Å². The third kappa shape index (κ3) is 4.35. The van der Waals surface area contributed by atoms with E-state index in [9.17, 15) is 23.1 Å². The third-order valence-corrected chi connectivity index (χ3v) is 9.13. The summed E-state index contributed by atoms with van der Waals surface area (Å²) in [5.41, 5.74) is 0.283. The van der Waals surface area contributed by atoms with Crippen molar-refractivity contribution in [3.05, 3.63) is 85.3 Å². The average Bonchev–Trinajstić information content (AvgIpc) is 3.21. The Morgan fingerprint density at radius 2 is 1.82 bits per heavy atom. The number of nitrogens with zero attached hydrogens (tertiary/aromatic N) is 1. The number of benzene rings is 2. The zero-order chi connectivity index (χ0) is 24.0. The largest absolute Gasteiger partial charge is 0.388 e. The number of H-pyrrole nitrogens is 1. The van der Waals surface area contributed by atoms with Gasteiger partial charge >= 0.3 is 5.69 Å². The second kappa shape index (κ2) is 7.96. The molecule has 2 aromatic heterocycles. The summed E-state index contributed by atoms with van der Waals surface area (Å²) in [5, 5.41) is 3.26. The van der Waals surface area contributed by atoms with Crippen molar-refractivity contribution in [2.24, 2.45) is 0 Å². The van der Waals surface area contributed by atoms with Crippen molar-refractivity contribution >= 4 is 55.0 Å². The van der Waals surface area contributed by atoms with Crippen LogP contribution in [0.15, 0.2) is 68.4 Å². The number of amides is 1. The lowest BCUT2D eigenvalue weighted by Gasteiger charge is -2.38. The van der Waals surface area contributed by atoms with Gasteiger partial charge in [-0.1, -0.05) is 21.1 Å². The SMILES string of the molecule is CNc1ccc2c(=O)n(-c3ccc(C(=O)NS(C)(=O)(O)c4ccc(Cl)s4)cc3)c(=O)[nH]c2c1. The highest BCUT2D eigenvalue weighted by molar-refractivity contribution is 8.14. The van der Waals surface area contributed by atoms with Crippen LogP contribution in [-0.4, -0.2) is 37.5 Å². The molecule has 0 atom stereocenters. The second-order valence-electron chi connectivity index (χ2n) is 7.40. The minimum Gasteiger partial charge on any atom is -0.388 e. The zero-order valence-corrected chi connectivity index (χ0v) is 19.8. The molecule has 2 heterocycles. The summed E-state index contributed by atoms with van der Waals surface area (Å²) in [4.78, 5) is 40.8. The first kappa shape index (κ1) is 22.9. The Hall–Kier alpha value is -3.25. The van der Waals surface area contributed by atoms with Crippen LogP contribution in [0.2, 0.25) is 4.34 Å². The number of fused-ring (bicyclic) bond motifs is 1. The number of nitrogens with one attached hydrogen (secondary N) is 3. The molecule has 4 aromatic rings. The monoisotopic (exact) mass is 506 g/mol. The van der Waals surface area contributed by atoms with Gasteiger partial charge in [0.25, 0.3) is 11.5 Å². The normalized spacial score (nSPS) is 12.8. The van der Waals surface area contributed by atoms with Crippen LogP contribution in [0, 0.1) is 0 Å². The van der Waals surface area contributed by atoms with Gasteiger partial charge < -0.3 is 10.3 Å². The molecule has 4 N–H and O–H groups in total. The molecule has 0 aliphatic rings. The molecule has 0 fully saturated rings. The van der Waals surface area contributed by atoms with Crippen molar-refractivity contribution in [2.45, 2.75) is 4.21 Å². The fourth-order valence-electron chi connectivity index (χ4n) is 3.25. The fourth-order valence-corrected chi connectivity index (χ4v) is 6.39. The fraction of sp³-hybridized carbons (Fsp3) is 0.0952. The molecule has 0 saturated carbocycles. The maximum absolute atomic E-state index is 13.0. The molecule has 2 aromatic carbocycles. The first-order valence-electron chi connectivity index (χ1n) is 9.52. The lowest BCUT2D eigenvalue weighted by Crippen LogP contribution is -2.48. The quantitative estimate of drug-likeness (QED) is 0.329. The molecule has 0 bridgehead atoms. The van der Waals surface area contributed by atoms with Gasteiger partial charge in [0.1, 0.15) is 4.21 Å². The third-order valence-electron chi connectivity index (χ3n) is 4.93. The van der Waals surface area contributed by atoms with E-state index in [1.165, 1.54) is 36.4 Å². The van der Waals surface area contributed by atoms with E-state index in [2.05, 4.69) is 15.0 Å². The number of hydrogen-bond acceptors (Lipinski definition) is 6. The van der Waals surface area contributed by atoms with Crippen molar-refractivity contribution in [1.29, 1.82) is 0 Å². The number of rotatable bonds is 5. The summed E-state index contributed by atoms with van der Waals surface area (Å²) in [6.07, 6.45) is 1.03. The number of anilines is 1. The Morgan fingerprint density at radius 1 is 1.12 bits per heavy atom. The molecule has 0 aliphatic heterocycles. The van der Waals surface area contributed by atoms with E-state index < -0.39 is 26.7 Å². The van der Waals surface area contributed by atoms with Gasteiger partial charge in [0.2, 0.25) is 0 Å². The van der Waals surface area contributed by atoms with Crippen LogP contribution in [0.5, 0.6) is 0 Å². The van der Waals surface area contributed by atoms with Crippen molar-refractivity contribution in [3.8, 4) is 5.69 Å². The van der Waals surface area contributed by atoms with Crippen LogP contribution in [0.25, 0.3) is 16.6 Å². The van der Waals surface area contributed by atoms with Gasteiger partial charge in [-0.2, -0.15) is 4.21 Å². The van der Waals surface area contributed by atoms with Gasteiger partial charge in [0.15, 0.2) is 0 Å². The van der Waals surface area contributed by atoms with E-state index in [1.807, 2.05) is 0 Å². The number of carbonyl (C=O) groups excluding carboxylic acids is 1. The predicted octanol–water partition coefficient (Wildman–Crippen LogP) is 3.06. The van der Waals surface area contributed by atoms with E-state index >= 15 is 0 Å². The van der Waals surface area contributed by atoms with Gasteiger partial charge in [-0.05, 0) is 54.6 Å². The predicted molar refractivity (Wildman–Crippen MR) is 131 cm³/mol. The Bertz CT molecular complexity index is 1580. The summed E-state index contributed by atoms with van der Waals surface area (Å²) in [5.74, 6) is -0.799. The molecule has 0 spiro atoms. The summed E-state index contributed by atoms with van der Waals surface area (Å²) < 4.78 is 27.1. The van der Waals surface area contributed by atoms with E-state index in [0.717, 1.165) is 27.8 Å². The van der Waals surface area contributed by atoms with Crippen molar-refractivity contribution < 1.29 is 13.6 Å². The van der Waals surface area contributed by atoms with E-state index in [-0.39, 0.29) is 15.5 Å². The number of carbonyl (C=O) groups is 1. The number of aromatic nitrogens is 2. The van der Waals surface area contributed by atoms with Gasteiger partial charge in [-0.3, -0.25) is 18.9 Å². The molecular weight excluding hydrogens is 488 g/mol. The van der Waals surface area contributed by atoms with Crippen LogP contribution in [0.3, 0.4) is 0 Å². The highest BCUT2D eigenvalue weighted by Gasteiger charge is 2.28. The van der Waals surface area contributed by atoms with Gasteiger partial charge in [0, 0.05) is 24.6 Å². The summed E-state index contributed by atoms with van der Waals surface area (Å²) in [6, 6.07) is 13.4. The van der Waals surface area contributed by atoms with Crippen molar-refractivity contribution in [3.63, 3.8) is 0 Å². The molecule has 4 rings (SSSR count). The molecule has 0 saturated heterocycles. The van der Waals surface area contributed by atoms with Gasteiger partial charge in [-0.15, -0.1) is 11.3 Å². The Balaban J connectivity index is 1.67. The maximum Gasteiger partial charge on any atom is 0.333 e. The Labute approximate surface area is 196 Å². The smallest absolute Gasteiger partial charge is 0.333 e. The molecule has 172 valence electrons. The van der Waals surface area contributed by atoms with Gasteiger partial charge in [0.05, 0.1) is 20.9 Å². The number of aromatic amines is 1. The van der Waals surface area contributed by atoms with E-state index in [0.29, 0.717) is 15.2 Å². The molecule has 0 unspecified atom stereocenters. The zero-order valence-electron chi connectivity index (χ0n) is 17.4. The average molecular weight is 507 g/mol. The molecule has 1 amide bonds. The molecular formula is C21H19ClN4O5S2. The molecule has 12 heteroatoms. The van der Waals surface area contributed by atoms with Gasteiger partial charge in [-0.25, -0.2) is 9.36 Å². The topological polar surface area (TPSA) is 133 Å². The Morgan fingerprint density at radius 3 is 2.42 bits per heavy atom. The lowest BCUT2D eigenvalue weighted by atomic mass is 10.2. The van der Waals surface area contributed by atoms with Crippen molar-refractivity contribution in [1.82, 2.24) is 14.3 Å². The highest BCUT2D eigenvalue weighted by atomic mass is 35.5. The summed E-state index contributed by atoms with van der Waals surface area (Å²) >= 11 is 6.74. The van der Waals surface area contributed by atoms with Crippen LogP contribution < -0.4 is 21.3 Å². The molecule has 0 aliphatic carbocycles. The first-order valence-corrected chi connectivity index (χ1v) is 13.0. The van der Waals surface area contributed by atoms with Crippen LogP contribution in [0.1, 0.15) is 10.4 Å². The van der Waals surface area contributed by atoms with Crippen LogP contribution >= 0.6 is 22.9 Å². The number of hydrogen-bond donors (Lipinski definition) is 4. The molecule has 9 nitrogen and oxygen atoms in total.